The topological polar surface area (TPSA) is 75.2 Å². The molecule has 0 atom stereocenters. The fourth-order valence-corrected chi connectivity index (χ4v) is 0.761. The summed E-state index contributed by atoms with van der Waals surface area (Å²) in [5.41, 5.74) is -0.378. The molecule has 12 heavy (non-hydrogen) atoms. The van der Waals surface area contributed by atoms with Gasteiger partial charge in [0.05, 0.1) is 6.07 Å². The molecular formula is C7H10N2O3. The predicted octanol–water partition coefficient (Wildman–Crippen LogP) is 0.0120. The molecule has 1 aromatic rings. The van der Waals surface area contributed by atoms with Crippen molar-refractivity contribution in [3.8, 4) is 5.88 Å². The molecule has 0 saturated heterocycles. The Morgan fingerprint density at radius 2 is 2.50 bits per heavy atom. The second-order valence-electron chi connectivity index (χ2n) is 2.19. The van der Waals surface area contributed by atoms with Gasteiger partial charge in [-0.15, -0.1) is 0 Å². The summed E-state index contributed by atoms with van der Waals surface area (Å²) < 4.78 is 4.99. The van der Waals surface area contributed by atoms with E-state index in [0.29, 0.717) is 12.4 Å². The first-order valence-electron chi connectivity index (χ1n) is 3.59. The third-order valence-corrected chi connectivity index (χ3v) is 1.22. The van der Waals surface area contributed by atoms with Crippen LogP contribution in [0.3, 0.4) is 0 Å². The number of nitrogens with one attached hydrogen (secondary N) is 1. The number of aromatic nitrogens is 2. The molecule has 1 heterocycles. The van der Waals surface area contributed by atoms with Gasteiger partial charge in [0.1, 0.15) is 12.4 Å². The van der Waals surface area contributed by atoms with Crippen molar-refractivity contribution in [3.05, 3.63) is 22.2 Å². The van der Waals surface area contributed by atoms with Gasteiger partial charge >= 0.3 is 0 Å². The first-order valence-corrected chi connectivity index (χ1v) is 3.59. The largest absolute Gasteiger partial charge is 0.493 e. The lowest BCUT2D eigenvalue weighted by atomic mass is 10.5. The van der Waals surface area contributed by atoms with Gasteiger partial charge in [-0.3, -0.25) is 4.79 Å². The second kappa shape index (κ2) is 3.87. The van der Waals surface area contributed by atoms with Gasteiger partial charge < -0.3 is 14.8 Å². The number of nitrogens with zero attached hydrogens (tertiary/aromatic N) is 1. The van der Waals surface area contributed by atoms with Crippen molar-refractivity contribution in [2.45, 2.75) is 13.5 Å². The number of hydrogen-bond donors (Lipinski definition) is 2. The normalized spacial score (nSPS) is 10.1. The van der Waals surface area contributed by atoms with E-state index in [1.165, 1.54) is 0 Å². The van der Waals surface area contributed by atoms with Crippen LogP contribution in [0.5, 0.6) is 5.88 Å². The van der Waals surface area contributed by atoms with Crippen LogP contribution in [0.25, 0.3) is 0 Å². The van der Waals surface area contributed by atoms with E-state index in [-0.39, 0.29) is 18.0 Å². The van der Waals surface area contributed by atoms with Crippen LogP contribution in [0.2, 0.25) is 0 Å². The lowest BCUT2D eigenvalue weighted by Crippen LogP contribution is -2.10. The molecule has 0 fully saturated rings. The Hall–Kier alpha value is -1.36. The predicted molar refractivity (Wildman–Crippen MR) is 41.9 cm³/mol. The third kappa shape index (κ3) is 2.35. The molecule has 0 spiro atoms. The van der Waals surface area contributed by atoms with E-state index >= 15 is 0 Å². The van der Waals surface area contributed by atoms with Crippen molar-refractivity contribution in [3.63, 3.8) is 0 Å². The molecule has 0 bridgehead atoms. The molecular weight excluding hydrogens is 160 g/mol. The van der Waals surface area contributed by atoms with E-state index in [1.807, 2.05) is 6.92 Å². The molecule has 0 aliphatic heterocycles. The second-order valence-corrected chi connectivity index (χ2v) is 2.19. The summed E-state index contributed by atoms with van der Waals surface area (Å²) in [5, 5.41) is 8.91. The summed E-state index contributed by atoms with van der Waals surface area (Å²) in [6, 6.07) is 1.01. The van der Waals surface area contributed by atoms with Crippen molar-refractivity contribution < 1.29 is 9.84 Å². The number of hydrogen-bond acceptors (Lipinski definition) is 4. The first-order chi connectivity index (χ1) is 5.72. The number of aromatic hydroxyl groups is 1. The van der Waals surface area contributed by atoms with Gasteiger partial charge in [0.15, 0.2) is 0 Å². The molecule has 1 rings (SSSR count). The number of H-pyrrole nitrogens is 1. The number of ether oxygens (including phenoxy) is 1. The van der Waals surface area contributed by atoms with Crippen LogP contribution in [0.15, 0.2) is 10.9 Å². The zero-order chi connectivity index (χ0) is 8.97. The highest BCUT2D eigenvalue weighted by atomic mass is 16.5. The highest BCUT2D eigenvalue weighted by Crippen LogP contribution is 1.98. The van der Waals surface area contributed by atoms with Crippen LogP contribution in [-0.4, -0.2) is 21.7 Å². The minimum Gasteiger partial charge on any atom is -0.493 e. The third-order valence-electron chi connectivity index (χ3n) is 1.22. The van der Waals surface area contributed by atoms with Crippen molar-refractivity contribution in [2.75, 3.05) is 6.61 Å². The van der Waals surface area contributed by atoms with Gasteiger partial charge in [-0.2, -0.15) is 4.98 Å². The zero-order valence-corrected chi connectivity index (χ0v) is 6.70. The molecule has 0 saturated carbocycles. The monoisotopic (exact) mass is 170 g/mol. The Bertz CT molecular complexity index is 308. The maximum atomic E-state index is 10.8. The van der Waals surface area contributed by atoms with E-state index in [9.17, 15) is 4.79 Å². The van der Waals surface area contributed by atoms with Crippen LogP contribution in [0.4, 0.5) is 0 Å². The fraction of sp³-hybridized carbons (Fsp3) is 0.429. The lowest BCUT2D eigenvalue weighted by Gasteiger charge is -1.99. The molecule has 0 amide bonds. The minimum absolute atomic E-state index is 0.208. The molecule has 66 valence electrons. The molecule has 0 unspecified atom stereocenters. The first kappa shape index (κ1) is 8.73. The summed E-state index contributed by atoms with van der Waals surface area (Å²) in [5.74, 6) is 0.0512. The maximum absolute atomic E-state index is 10.8. The van der Waals surface area contributed by atoms with Crippen molar-refractivity contribution in [1.29, 1.82) is 0 Å². The summed E-state index contributed by atoms with van der Waals surface area (Å²) in [6.07, 6.45) is 0. The van der Waals surface area contributed by atoms with E-state index in [0.717, 1.165) is 6.07 Å². The van der Waals surface area contributed by atoms with Crippen molar-refractivity contribution in [1.82, 2.24) is 9.97 Å². The van der Waals surface area contributed by atoms with E-state index in [4.69, 9.17) is 9.84 Å². The lowest BCUT2D eigenvalue weighted by molar-refractivity contribution is 0.127. The summed E-state index contributed by atoms with van der Waals surface area (Å²) in [4.78, 5) is 16.8. The minimum atomic E-state index is -0.378. The Morgan fingerprint density at radius 3 is 3.08 bits per heavy atom. The summed E-state index contributed by atoms with van der Waals surface area (Å²) in [7, 11) is 0. The Morgan fingerprint density at radius 1 is 1.75 bits per heavy atom. The quantitative estimate of drug-likeness (QED) is 0.670. The Labute approximate surface area is 69.0 Å². The van der Waals surface area contributed by atoms with Crippen LogP contribution in [0, 0.1) is 0 Å². The van der Waals surface area contributed by atoms with Gasteiger partial charge in [0.2, 0.25) is 5.88 Å². The van der Waals surface area contributed by atoms with Crippen LogP contribution in [-0.2, 0) is 11.3 Å². The van der Waals surface area contributed by atoms with E-state index in [2.05, 4.69) is 9.97 Å². The molecule has 0 aliphatic carbocycles. The molecule has 2 N–H and O–H groups in total. The van der Waals surface area contributed by atoms with Crippen LogP contribution >= 0.6 is 0 Å². The van der Waals surface area contributed by atoms with Crippen molar-refractivity contribution >= 4 is 0 Å². The molecule has 0 aromatic carbocycles. The van der Waals surface area contributed by atoms with Gasteiger partial charge in [-0.1, -0.05) is 0 Å². The summed E-state index contributed by atoms with van der Waals surface area (Å²) >= 11 is 0. The molecule has 5 nitrogen and oxygen atoms in total. The zero-order valence-electron chi connectivity index (χ0n) is 6.70. The van der Waals surface area contributed by atoms with Gasteiger partial charge in [-0.05, 0) is 6.92 Å². The SMILES string of the molecule is CCOCc1nc(O)cc(=O)[nH]1. The highest BCUT2D eigenvalue weighted by molar-refractivity contribution is 5.05. The van der Waals surface area contributed by atoms with E-state index < -0.39 is 0 Å². The average Bonchev–Trinajstić information content (AvgIpc) is 1.99. The maximum Gasteiger partial charge on any atom is 0.254 e. The number of rotatable bonds is 3. The Kier molecular flexibility index (Phi) is 2.82. The van der Waals surface area contributed by atoms with Crippen molar-refractivity contribution in [2.24, 2.45) is 0 Å². The molecule has 5 heteroatoms. The highest BCUT2D eigenvalue weighted by Gasteiger charge is 1.98. The van der Waals surface area contributed by atoms with Gasteiger partial charge in [0, 0.05) is 6.61 Å². The molecule has 0 radical (unpaired) electrons. The summed E-state index contributed by atoms with van der Waals surface area (Å²) in [6.45, 7) is 2.58. The molecule has 1 aromatic heterocycles. The van der Waals surface area contributed by atoms with Crippen LogP contribution in [0.1, 0.15) is 12.7 Å². The van der Waals surface area contributed by atoms with Gasteiger partial charge in [0.25, 0.3) is 5.56 Å². The van der Waals surface area contributed by atoms with Crippen LogP contribution < -0.4 is 5.56 Å². The Balaban J connectivity index is 2.79. The van der Waals surface area contributed by atoms with E-state index in [1.54, 1.807) is 0 Å². The standard InChI is InChI=1S/C7H10N2O3/c1-2-12-4-5-8-6(10)3-7(11)9-5/h3H,2,4H2,1H3,(H2,8,9,10,11). The van der Waals surface area contributed by atoms with Gasteiger partial charge in [-0.25, -0.2) is 0 Å². The fourth-order valence-electron chi connectivity index (χ4n) is 0.761. The molecule has 0 aliphatic rings. The average molecular weight is 170 g/mol. The number of aromatic amines is 1. The smallest absolute Gasteiger partial charge is 0.254 e.